The van der Waals surface area contributed by atoms with Crippen LogP contribution in [0.3, 0.4) is 0 Å². The van der Waals surface area contributed by atoms with Gasteiger partial charge in [-0.2, -0.15) is 11.8 Å². The Balaban J connectivity index is 2.24. The number of aliphatic hydroxyl groups is 1. The molecule has 0 amide bonds. The second kappa shape index (κ2) is 5.35. The Bertz CT molecular complexity index is 245. The maximum absolute atomic E-state index is 9.30. The van der Waals surface area contributed by atoms with E-state index in [1.165, 1.54) is 5.56 Å². The first-order valence-electron chi connectivity index (χ1n) is 4.52. The minimum absolute atomic E-state index is 0.180. The van der Waals surface area contributed by atoms with E-state index in [-0.39, 0.29) is 6.10 Å². The van der Waals surface area contributed by atoms with Gasteiger partial charge in [-0.3, -0.25) is 0 Å². The zero-order valence-electron chi connectivity index (χ0n) is 8.12. The van der Waals surface area contributed by atoms with Crippen molar-refractivity contribution in [3.63, 3.8) is 0 Å². The van der Waals surface area contributed by atoms with Gasteiger partial charge in [-0.05, 0) is 25.0 Å². The van der Waals surface area contributed by atoms with Crippen LogP contribution >= 0.6 is 11.8 Å². The Hall–Kier alpha value is -0.410. The van der Waals surface area contributed by atoms with Gasteiger partial charge in [0.15, 0.2) is 0 Å². The second-order valence-corrected chi connectivity index (χ2v) is 4.13. The Morgan fingerprint density at radius 3 is 2.92 bits per heavy atom. The summed E-state index contributed by atoms with van der Waals surface area (Å²) in [7, 11) is 0. The van der Waals surface area contributed by atoms with E-state index >= 15 is 0 Å². The average Bonchev–Trinajstić information content (AvgIpc) is 2.52. The molecule has 13 heavy (non-hydrogen) atoms. The van der Waals surface area contributed by atoms with Crippen LogP contribution in [0.25, 0.3) is 0 Å². The third-order valence-electron chi connectivity index (χ3n) is 1.98. The second-order valence-electron chi connectivity index (χ2n) is 3.10. The third-order valence-corrected chi connectivity index (χ3v) is 3.07. The lowest BCUT2D eigenvalue weighted by Gasteiger charge is -2.05. The molecular formula is C10H16O2S. The molecular weight excluding hydrogens is 184 g/mol. The van der Waals surface area contributed by atoms with Crippen molar-refractivity contribution in [2.24, 2.45) is 0 Å². The highest BCUT2D eigenvalue weighted by Crippen LogP contribution is 2.17. The molecule has 1 atom stereocenters. The van der Waals surface area contributed by atoms with Crippen molar-refractivity contribution in [2.45, 2.75) is 32.1 Å². The van der Waals surface area contributed by atoms with E-state index in [0.29, 0.717) is 0 Å². The van der Waals surface area contributed by atoms with E-state index in [9.17, 15) is 5.11 Å². The van der Waals surface area contributed by atoms with Gasteiger partial charge < -0.3 is 9.52 Å². The SMILES string of the molecule is CCC(O)CSCc1occc1C. The van der Waals surface area contributed by atoms with E-state index in [0.717, 1.165) is 23.7 Å². The number of thioether (sulfide) groups is 1. The van der Waals surface area contributed by atoms with Crippen LogP contribution in [0.2, 0.25) is 0 Å². The summed E-state index contributed by atoms with van der Waals surface area (Å²) in [5.41, 5.74) is 1.19. The topological polar surface area (TPSA) is 33.4 Å². The van der Waals surface area contributed by atoms with E-state index < -0.39 is 0 Å². The molecule has 0 saturated carbocycles. The molecule has 0 bridgehead atoms. The third kappa shape index (κ3) is 3.44. The summed E-state index contributed by atoms with van der Waals surface area (Å²) in [4.78, 5) is 0. The van der Waals surface area contributed by atoms with Gasteiger partial charge >= 0.3 is 0 Å². The summed E-state index contributed by atoms with van der Waals surface area (Å²) in [5.74, 6) is 2.67. The number of hydrogen-bond donors (Lipinski definition) is 1. The van der Waals surface area contributed by atoms with Gasteiger partial charge in [-0.15, -0.1) is 0 Å². The predicted octanol–water partition coefficient (Wildman–Crippen LogP) is 2.59. The Morgan fingerprint density at radius 1 is 1.62 bits per heavy atom. The van der Waals surface area contributed by atoms with Gasteiger partial charge in [0.25, 0.3) is 0 Å². The summed E-state index contributed by atoms with van der Waals surface area (Å²) >= 11 is 1.71. The van der Waals surface area contributed by atoms with Crippen LogP contribution in [0.1, 0.15) is 24.7 Å². The molecule has 2 nitrogen and oxygen atoms in total. The molecule has 1 rings (SSSR count). The smallest absolute Gasteiger partial charge is 0.116 e. The van der Waals surface area contributed by atoms with E-state index in [1.54, 1.807) is 18.0 Å². The summed E-state index contributed by atoms with van der Waals surface area (Å²) < 4.78 is 5.28. The van der Waals surface area contributed by atoms with Crippen molar-refractivity contribution in [3.05, 3.63) is 23.7 Å². The van der Waals surface area contributed by atoms with Crippen molar-refractivity contribution in [3.8, 4) is 0 Å². The fourth-order valence-electron chi connectivity index (χ4n) is 0.957. The van der Waals surface area contributed by atoms with Crippen molar-refractivity contribution >= 4 is 11.8 Å². The quantitative estimate of drug-likeness (QED) is 0.793. The molecule has 0 aliphatic heterocycles. The lowest BCUT2D eigenvalue weighted by atomic mass is 10.3. The van der Waals surface area contributed by atoms with E-state index in [4.69, 9.17) is 4.42 Å². The standard InChI is InChI=1S/C10H16O2S/c1-3-9(11)6-13-7-10-8(2)4-5-12-10/h4-5,9,11H,3,6-7H2,1-2H3. The zero-order valence-corrected chi connectivity index (χ0v) is 8.93. The van der Waals surface area contributed by atoms with Crippen LogP contribution in [-0.2, 0) is 5.75 Å². The maximum Gasteiger partial charge on any atom is 0.116 e. The molecule has 0 radical (unpaired) electrons. The van der Waals surface area contributed by atoms with Gasteiger partial charge in [0.1, 0.15) is 5.76 Å². The Morgan fingerprint density at radius 2 is 2.38 bits per heavy atom. The fraction of sp³-hybridized carbons (Fsp3) is 0.600. The molecule has 3 heteroatoms. The molecule has 74 valence electrons. The lowest BCUT2D eigenvalue weighted by molar-refractivity contribution is 0.195. The Kier molecular flexibility index (Phi) is 4.39. The van der Waals surface area contributed by atoms with Crippen molar-refractivity contribution in [2.75, 3.05) is 5.75 Å². The lowest BCUT2D eigenvalue weighted by Crippen LogP contribution is -2.07. The molecule has 1 aromatic heterocycles. The summed E-state index contributed by atoms with van der Waals surface area (Å²) in [6.45, 7) is 4.03. The van der Waals surface area contributed by atoms with Gasteiger partial charge in [-0.1, -0.05) is 6.92 Å². The zero-order chi connectivity index (χ0) is 9.68. The molecule has 1 unspecified atom stereocenters. The predicted molar refractivity (Wildman–Crippen MR) is 55.9 cm³/mol. The summed E-state index contributed by atoms with van der Waals surface area (Å²) in [5, 5.41) is 9.30. The molecule has 0 aliphatic rings. The van der Waals surface area contributed by atoms with Crippen LogP contribution in [0, 0.1) is 6.92 Å². The largest absolute Gasteiger partial charge is 0.468 e. The highest BCUT2D eigenvalue weighted by atomic mass is 32.2. The summed E-state index contributed by atoms with van der Waals surface area (Å²) in [6.07, 6.45) is 2.35. The highest BCUT2D eigenvalue weighted by Gasteiger charge is 2.04. The molecule has 1 aromatic rings. The van der Waals surface area contributed by atoms with Crippen LogP contribution < -0.4 is 0 Å². The monoisotopic (exact) mass is 200 g/mol. The molecule has 0 aliphatic carbocycles. The highest BCUT2D eigenvalue weighted by molar-refractivity contribution is 7.98. The van der Waals surface area contributed by atoms with E-state index in [1.807, 2.05) is 19.9 Å². The Labute approximate surface area is 83.3 Å². The fourth-order valence-corrected chi connectivity index (χ4v) is 2.06. The van der Waals surface area contributed by atoms with Crippen LogP contribution in [0.4, 0.5) is 0 Å². The molecule has 1 heterocycles. The van der Waals surface area contributed by atoms with E-state index in [2.05, 4.69) is 0 Å². The molecule has 0 aromatic carbocycles. The van der Waals surface area contributed by atoms with Crippen LogP contribution in [-0.4, -0.2) is 17.0 Å². The first kappa shape index (κ1) is 10.7. The normalized spacial score (nSPS) is 13.2. The molecule has 1 N–H and O–H groups in total. The first-order valence-corrected chi connectivity index (χ1v) is 5.68. The van der Waals surface area contributed by atoms with Gasteiger partial charge in [0.2, 0.25) is 0 Å². The van der Waals surface area contributed by atoms with Crippen molar-refractivity contribution in [1.29, 1.82) is 0 Å². The van der Waals surface area contributed by atoms with Gasteiger partial charge in [0, 0.05) is 5.75 Å². The number of rotatable bonds is 5. The van der Waals surface area contributed by atoms with Gasteiger partial charge in [0.05, 0.1) is 18.1 Å². The maximum atomic E-state index is 9.30. The van der Waals surface area contributed by atoms with Gasteiger partial charge in [-0.25, -0.2) is 0 Å². The first-order chi connectivity index (χ1) is 6.24. The van der Waals surface area contributed by atoms with Crippen molar-refractivity contribution < 1.29 is 9.52 Å². The van der Waals surface area contributed by atoms with Crippen molar-refractivity contribution in [1.82, 2.24) is 0 Å². The number of furan rings is 1. The average molecular weight is 200 g/mol. The minimum atomic E-state index is -0.180. The molecule has 0 fully saturated rings. The number of aryl methyl sites for hydroxylation is 1. The van der Waals surface area contributed by atoms with Crippen LogP contribution in [0.15, 0.2) is 16.7 Å². The number of aliphatic hydroxyl groups excluding tert-OH is 1. The summed E-state index contributed by atoms with van der Waals surface area (Å²) in [6, 6.07) is 1.96. The molecule has 0 saturated heterocycles. The minimum Gasteiger partial charge on any atom is -0.468 e. The number of hydrogen-bond acceptors (Lipinski definition) is 3. The van der Waals surface area contributed by atoms with Crippen LogP contribution in [0.5, 0.6) is 0 Å². The molecule has 0 spiro atoms.